The number of unbranched alkanes of at least 4 members (excludes halogenated alkanes) is 3. The third kappa shape index (κ3) is 5.23. The fraction of sp³-hybridized carbons (Fsp3) is 0.579. The first-order valence-electron chi connectivity index (χ1n) is 8.65. The van der Waals surface area contributed by atoms with Crippen LogP contribution in [0.15, 0.2) is 24.3 Å². The second-order valence-corrected chi connectivity index (χ2v) is 6.21. The number of rotatable bonds is 10. The molecule has 0 radical (unpaired) electrons. The Kier molecular flexibility index (Phi) is 8.83. The van der Waals surface area contributed by atoms with E-state index in [2.05, 4.69) is 6.92 Å². The quantitative estimate of drug-likeness (QED) is 0.251. The van der Waals surface area contributed by atoms with Crippen LogP contribution in [-0.4, -0.2) is 18.5 Å². The lowest BCUT2D eigenvalue weighted by atomic mass is 9.82. The number of ether oxygens (including phenoxy) is 2. The standard InChI is InChI=1S/C19H27ClO4/c1-4-7-8-11-14-23-17(21)19(5-2,6-3)18(22)24-16-13-10-9-12-15(16)20/h9-10,12-13H,4-8,11,14H2,1-3H3. The molecule has 0 fully saturated rings. The highest BCUT2D eigenvalue weighted by molar-refractivity contribution is 6.32. The van der Waals surface area contributed by atoms with Crippen LogP contribution >= 0.6 is 11.6 Å². The van der Waals surface area contributed by atoms with Crippen molar-refractivity contribution in [1.82, 2.24) is 0 Å². The molecule has 0 saturated heterocycles. The lowest BCUT2D eigenvalue weighted by molar-refractivity contribution is -0.168. The minimum absolute atomic E-state index is 0.256. The van der Waals surface area contributed by atoms with Crippen molar-refractivity contribution in [1.29, 1.82) is 0 Å². The summed E-state index contributed by atoms with van der Waals surface area (Å²) >= 11 is 6.02. The van der Waals surface area contributed by atoms with Crippen LogP contribution in [0.25, 0.3) is 0 Å². The smallest absolute Gasteiger partial charge is 0.328 e. The van der Waals surface area contributed by atoms with Gasteiger partial charge in [0.2, 0.25) is 0 Å². The minimum atomic E-state index is -1.29. The van der Waals surface area contributed by atoms with Crippen LogP contribution in [0, 0.1) is 5.41 Å². The molecule has 0 atom stereocenters. The SMILES string of the molecule is CCCCCCOC(=O)C(CC)(CC)C(=O)Oc1ccccc1Cl. The molecule has 134 valence electrons. The maximum absolute atomic E-state index is 12.6. The van der Waals surface area contributed by atoms with Crippen molar-refractivity contribution in [2.75, 3.05) is 6.61 Å². The highest BCUT2D eigenvalue weighted by Gasteiger charge is 2.46. The third-order valence-corrected chi connectivity index (χ3v) is 4.57. The molecule has 0 aromatic heterocycles. The summed E-state index contributed by atoms with van der Waals surface area (Å²) in [5.74, 6) is -0.869. The van der Waals surface area contributed by atoms with Gasteiger partial charge in [0.15, 0.2) is 5.41 Å². The molecule has 1 aromatic carbocycles. The monoisotopic (exact) mass is 354 g/mol. The number of para-hydroxylation sites is 1. The number of esters is 2. The predicted molar refractivity (Wildman–Crippen MR) is 95.2 cm³/mol. The molecule has 0 spiro atoms. The highest BCUT2D eigenvalue weighted by Crippen LogP contribution is 2.33. The van der Waals surface area contributed by atoms with Crippen LogP contribution < -0.4 is 4.74 Å². The van der Waals surface area contributed by atoms with E-state index in [9.17, 15) is 9.59 Å². The van der Waals surface area contributed by atoms with Crippen molar-refractivity contribution in [2.24, 2.45) is 5.41 Å². The summed E-state index contributed by atoms with van der Waals surface area (Å²) in [7, 11) is 0. The van der Waals surface area contributed by atoms with Gasteiger partial charge in [-0.2, -0.15) is 0 Å². The lowest BCUT2D eigenvalue weighted by Gasteiger charge is -2.27. The molecule has 0 saturated carbocycles. The van der Waals surface area contributed by atoms with E-state index in [-0.39, 0.29) is 5.75 Å². The van der Waals surface area contributed by atoms with Gasteiger partial charge in [0.1, 0.15) is 5.75 Å². The van der Waals surface area contributed by atoms with E-state index < -0.39 is 17.4 Å². The topological polar surface area (TPSA) is 52.6 Å². The maximum atomic E-state index is 12.6. The zero-order chi connectivity index (χ0) is 18.0. The Labute approximate surface area is 149 Å². The predicted octanol–water partition coefficient (Wildman–Crippen LogP) is 5.18. The normalized spacial score (nSPS) is 11.2. The molecular formula is C19H27ClO4. The number of benzene rings is 1. The third-order valence-electron chi connectivity index (χ3n) is 4.26. The summed E-state index contributed by atoms with van der Waals surface area (Å²) in [6, 6.07) is 6.71. The molecule has 1 rings (SSSR count). The summed E-state index contributed by atoms with van der Waals surface area (Å²) < 4.78 is 10.7. The van der Waals surface area contributed by atoms with Gasteiger partial charge in [-0.1, -0.05) is 63.8 Å². The van der Waals surface area contributed by atoms with Crippen molar-refractivity contribution >= 4 is 23.5 Å². The summed E-state index contributed by atoms with van der Waals surface area (Å²) in [6.07, 6.45) is 4.69. The van der Waals surface area contributed by atoms with Gasteiger partial charge < -0.3 is 9.47 Å². The second kappa shape index (κ2) is 10.3. The van der Waals surface area contributed by atoms with Gasteiger partial charge in [0.25, 0.3) is 0 Å². The molecule has 5 heteroatoms. The molecule has 24 heavy (non-hydrogen) atoms. The Hall–Kier alpha value is -1.55. The number of hydrogen-bond donors (Lipinski definition) is 0. The zero-order valence-corrected chi connectivity index (χ0v) is 15.5. The molecule has 0 bridgehead atoms. The van der Waals surface area contributed by atoms with Crippen LogP contribution in [0.5, 0.6) is 5.75 Å². The summed E-state index contributed by atoms with van der Waals surface area (Å²) in [5, 5.41) is 0.333. The van der Waals surface area contributed by atoms with Crippen molar-refractivity contribution in [3.05, 3.63) is 29.3 Å². The number of halogens is 1. The van der Waals surface area contributed by atoms with Crippen molar-refractivity contribution in [3.8, 4) is 5.75 Å². The van der Waals surface area contributed by atoms with Gasteiger partial charge in [0.05, 0.1) is 11.6 Å². The maximum Gasteiger partial charge on any atom is 0.328 e. The molecule has 1 aromatic rings. The van der Waals surface area contributed by atoms with E-state index in [1.807, 2.05) is 0 Å². The largest absolute Gasteiger partial charge is 0.465 e. The summed E-state index contributed by atoms with van der Waals surface area (Å²) in [5.41, 5.74) is -1.29. The average Bonchev–Trinajstić information content (AvgIpc) is 2.58. The van der Waals surface area contributed by atoms with E-state index >= 15 is 0 Å². The van der Waals surface area contributed by atoms with Crippen LogP contribution in [0.4, 0.5) is 0 Å². The van der Waals surface area contributed by atoms with E-state index in [0.29, 0.717) is 24.5 Å². The molecule has 0 aliphatic rings. The van der Waals surface area contributed by atoms with Crippen LogP contribution in [0.1, 0.15) is 59.3 Å². The number of hydrogen-bond acceptors (Lipinski definition) is 4. The van der Waals surface area contributed by atoms with Gasteiger partial charge >= 0.3 is 11.9 Å². The van der Waals surface area contributed by atoms with E-state index in [0.717, 1.165) is 25.7 Å². The zero-order valence-electron chi connectivity index (χ0n) is 14.8. The number of carbonyl (C=O) groups excluding carboxylic acids is 2. The van der Waals surface area contributed by atoms with Crippen molar-refractivity contribution in [3.63, 3.8) is 0 Å². The Morgan fingerprint density at radius 3 is 2.25 bits per heavy atom. The van der Waals surface area contributed by atoms with Crippen LogP contribution in [0.3, 0.4) is 0 Å². The van der Waals surface area contributed by atoms with E-state index in [4.69, 9.17) is 21.1 Å². The lowest BCUT2D eigenvalue weighted by Crippen LogP contribution is -2.42. The van der Waals surface area contributed by atoms with Gasteiger partial charge in [0, 0.05) is 0 Å². The molecule has 0 N–H and O–H groups in total. The molecule has 0 aliphatic carbocycles. The Morgan fingerprint density at radius 2 is 1.67 bits per heavy atom. The summed E-state index contributed by atoms with van der Waals surface area (Å²) in [4.78, 5) is 25.2. The molecular weight excluding hydrogens is 328 g/mol. The van der Waals surface area contributed by atoms with E-state index in [1.165, 1.54) is 0 Å². The molecule has 0 heterocycles. The van der Waals surface area contributed by atoms with Crippen LogP contribution in [0.2, 0.25) is 5.02 Å². The Morgan fingerprint density at radius 1 is 1.00 bits per heavy atom. The molecule has 0 amide bonds. The minimum Gasteiger partial charge on any atom is -0.465 e. The fourth-order valence-corrected chi connectivity index (χ4v) is 2.64. The molecule has 0 aliphatic heterocycles. The highest BCUT2D eigenvalue weighted by atomic mass is 35.5. The Bertz CT molecular complexity index is 538. The average molecular weight is 355 g/mol. The van der Waals surface area contributed by atoms with Gasteiger partial charge in [-0.15, -0.1) is 0 Å². The molecule has 4 nitrogen and oxygen atoms in total. The number of carbonyl (C=O) groups is 2. The van der Waals surface area contributed by atoms with Crippen molar-refractivity contribution in [2.45, 2.75) is 59.3 Å². The Balaban J connectivity index is 2.76. The fourth-order valence-electron chi connectivity index (χ4n) is 2.47. The van der Waals surface area contributed by atoms with Crippen LogP contribution in [-0.2, 0) is 14.3 Å². The van der Waals surface area contributed by atoms with Crippen molar-refractivity contribution < 1.29 is 19.1 Å². The van der Waals surface area contributed by atoms with E-state index in [1.54, 1.807) is 38.1 Å². The first-order valence-corrected chi connectivity index (χ1v) is 9.03. The first-order chi connectivity index (χ1) is 11.5. The van der Waals surface area contributed by atoms with Gasteiger partial charge in [-0.25, -0.2) is 0 Å². The molecule has 0 unspecified atom stereocenters. The van der Waals surface area contributed by atoms with Gasteiger partial charge in [-0.05, 0) is 31.4 Å². The second-order valence-electron chi connectivity index (χ2n) is 5.81. The summed E-state index contributed by atoms with van der Waals surface area (Å²) in [6.45, 7) is 6.03. The van der Waals surface area contributed by atoms with Gasteiger partial charge in [-0.3, -0.25) is 9.59 Å². The first kappa shape index (κ1) is 20.5.